The van der Waals surface area contributed by atoms with Gasteiger partial charge in [0.25, 0.3) is 5.91 Å². The summed E-state index contributed by atoms with van der Waals surface area (Å²) in [6.45, 7) is 7.37. The number of ether oxygens (including phenoxy) is 1. The zero-order chi connectivity index (χ0) is 25.9. The monoisotopic (exact) mass is 498 g/mol. The molecule has 192 valence electrons. The first kappa shape index (κ1) is 26.1. The molecule has 7 nitrogen and oxygen atoms in total. The molecule has 7 heteroatoms. The smallest absolute Gasteiger partial charge is 0.255 e. The minimum Gasteiger partial charge on any atom is -0.494 e. The Morgan fingerprint density at radius 3 is 2.11 bits per heavy atom. The van der Waals surface area contributed by atoms with Crippen molar-refractivity contribution in [3.8, 4) is 5.75 Å². The molecule has 37 heavy (non-hydrogen) atoms. The molecule has 3 aromatic rings. The summed E-state index contributed by atoms with van der Waals surface area (Å²) in [5.74, 6) is 0.501. The normalized spacial score (nSPS) is 14.4. The van der Waals surface area contributed by atoms with E-state index < -0.39 is 0 Å². The standard InChI is InChI=1S/C30H34N4O3/c1-2-37-28-16-14-27(15-17-28)32-30(36)25-10-12-26(13-11-25)31-29(35)23-34-21-19-33(20-22-34)18-6-9-24-7-4-3-5-8-24/h3-17H,2,18-23H2,1H3,(H,31,35)(H,32,36). The molecule has 4 rings (SSSR count). The minimum absolute atomic E-state index is 0.0518. The molecule has 3 aromatic carbocycles. The number of carbonyl (C=O) groups excluding carboxylic acids is 2. The van der Waals surface area contributed by atoms with Crippen LogP contribution in [0.4, 0.5) is 11.4 Å². The zero-order valence-electron chi connectivity index (χ0n) is 21.2. The Morgan fingerprint density at radius 2 is 1.43 bits per heavy atom. The van der Waals surface area contributed by atoms with Crippen molar-refractivity contribution in [1.82, 2.24) is 9.80 Å². The van der Waals surface area contributed by atoms with E-state index in [0.717, 1.165) is 38.5 Å². The van der Waals surface area contributed by atoms with Crippen LogP contribution in [0, 0.1) is 0 Å². The fraction of sp³-hybridized carbons (Fsp3) is 0.267. The van der Waals surface area contributed by atoms with E-state index in [9.17, 15) is 9.59 Å². The van der Waals surface area contributed by atoms with E-state index in [1.807, 2.05) is 37.3 Å². The fourth-order valence-electron chi connectivity index (χ4n) is 4.14. The Hall–Kier alpha value is -3.94. The highest BCUT2D eigenvalue weighted by atomic mass is 16.5. The molecule has 1 aliphatic rings. The van der Waals surface area contributed by atoms with E-state index in [1.165, 1.54) is 5.56 Å². The molecule has 0 spiro atoms. The number of amides is 2. The summed E-state index contributed by atoms with van der Waals surface area (Å²) < 4.78 is 5.42. The van der Waals surface area contributed by atoms with Crippen LogP contribution in [0.3, 0.4) is 0 Å². The summed E-state index contributed by atoms with van der Waals surface area (Å²) in [5.41, 5.74) is 3.09. The summed E-state index contributed by atoms with van der Waals surface area (Å²) in [7, 11) is 0. The van der Waals surface area contributed by atoms with Crippen molar-refractivity contribution in [3.05, 3.63) is 96.1 Å². The van der Waals surface area contributed by atoms with Crippen LogP contribution in [0.5, 0.6) is 5.75 Å². The third-order valence-corrected chi connectivity index (χ3v) is 6.16. The first-order chi connectivity index (χ1) is 18.1. The second-order valence-corrected chi connectivity index (χ2v) is 8.93. The second kappa shape index (κ2) is 13.4. The lowest BCUT2D eigenvalue weighted by Gasteiger charge is -2.33. The number of anilines is 2. The fourth-order valence-corrected chi connectivity index (χ4v) is 4.14. The van der Waals surface area contributed by atoms with E-state index in [2.05, 4.69) is 44.7 Å². The molecule has 0 aliphatic carbocycles. The molecule has 0 bridgehead atoms. The first-order valence-corrected chi connectivity index (χ1v) is 12.7. The average Bonchev–Trinajstić information content (AvgIpc) is 2.92. The van der Waals surface area contributed by atoms with Crippen LogP contribution in [0.25, 0.3) is 6.08 Å². The van der Waals surface area contributed by atoms with Gasteiger partial charge < -0.3 is 15.4 Å². The highest BCUT2D eigenvalue weighted by molar-refractivity contribution is 6.04. The summed E-state index contributed by atoms with van der Waals surface area (Å²) >= 11 is 0. The van der Waals surface area contributed by atoms with Crippen LogP contribution in [-0.2, 0) is 4.79 Å². The molecule has 1 aliphatic heterocycles. The van der Waals surface area contributed by atoms with Gasteiger partial charge >= 0.3 is 0 Å². The number of benzene rings is 3. The lowest BCUT2D eigenvalue weighted by molar-refractivity contribution is -0.117. The van der Waals surface area contributed by atoms with Gasteiger partial charge in [-0.3, -0.25) is 19.4 Å². The molecule has 0 atom stereocenters. The number of hydrogen-bond acceptors (Lipinski definition) is 5. The molecule has 1 saturated heterocycles. The molecular formula is C30H34N4O3. The average molecular weight is 499 g/mol. The van der Waals surface area contributed by atoms with Gasteiger partial charge in [-0.1, -0.05) is 42.5 Å². The van der Waals surface area contributed by atoms with Gasteiger partial charge in [0.05, 0.1) is 13.2 Å². The van der Waals surface area contributed by atoms with Gasteiger partial charge in [0.15, 0.2) is 0 Å². The van der Waals surface area contributed by atoms with Crippen LogP contribution >= 0.6 is 0 Å². The zero-order valence-corrected chi connectivity index (χ0v) is 21.2. The van der Waals surface area contributed by atoms with Crippen LogP contribution in [-0.4, -0.2) is 67.5 Å². The minimum atomic E-state index is -0.210. The maximum absolute atomic E-state index is 12.6. The molecule has 0 radical (unpaired) electrons. The molecule has 0 unspecified atom stereocenters. The largest absolute Gasteiger partial charge is 0.494 e. The molecule has 1 fully saturated rings. The van der Waals surface area contributed by atoms with Gasteiger partial charge in [0, 0.05) is 49.7 Å². The van der Waals surface area contributed by atoms with Crippen LogP contribution in [0.1, 0.15) is 22.8 Å². The van der Waals surface area contributed by atoms with Gasteiger partial charge in [-0.2, -0.15) is 0 Å². The third kappa shape index (κ3) is 8.31. The molecule has 2 amide bonds. The van der Waals surface area contributed by atoms with Gasteiger partial charge in [0.2, 0.25) is 5.91 Å². The van der Waals surface area contributed by atoms with Crippen LogP contribution in [0.2, 0.25) is 0 Å². The molecule has 2 N–H and O–H groups in total. The lowest BCUT2D eigenvalue weighted by Crippen LogP contribution is -2.48. The summed E-state index contributed by atoms with van der Waals surface area (Å²) in [6, 6.07) is 24.5. The number of piperazine rings is 1. The topological polar surface area (TPSA) is 73.9 Å². The van der Waals surface area contributed by atoms with E-state index in [4.69, 9.17) is 4.74 Å². The number of hydrogen-bond donors (Lipinski definition) is 2. The van der Waals surface area contributed by atoms with Crippen LogP contribution < -0.4 is 15.4 Å². The van der Waals surface area contributed by atoms with Crippen molar-refractivity contribution < 1.29 is 14.3 Å². The van der Waals surface area contributed by atoms with Crippen molar-refractivity contribution in [1.29, 1.82) is 0 Å². The van der Waals surface area contributed by atoms with Crippen molar-refractivity contribution >= 4 is 29.3 Å². The van der Waals surface area contributed by atoms with Gasteiger partial charge in [-0.15, -0.1) is 0 Å². The predicted octanol–water partition coefficient (Wildman–Crippen LogP) is 4.61. The Kier molecular flexibility index (Phi) is 9.46. The van der Waals surface area contributed by atoms with Gasteiger partial charge in [-0.05, 0) is 61.0 Å². The van der Waals surface area contributed by atoms with E-state index in [0.29, 0.717) is 30.1 Å². The quantitative estimate of drug-likeness (QED) is 0.427. The van der Waals surface area contributed by atoms with Crippen LogP contribution in [0.15, 0.2) is 84.9 Å². The summed E-state index contributed by atoms with van der Waals surface area (Å²) in [5, 5.41) is 5.81. The highest BCUT2D eigenvalue weighted by Crippen LogP contribution is 2.17. The van der Waals surface area contributed by atoms with Crippen molar-refractivity contribution in [2.45, 2.75) is 6.92 Å². The Bertz CT molecular complexity index is 1170. The Balaban J connectivity index is 1.17. The second-order valence-electron chi connectivity index (χ2n) is 8.93. The van der Waals surface area contributed by atoms with E-state index >= 15 is 0 Å². The summed E-state index contributed by atoms with van der Waals surface area (Å²) in [6.07, 6.45) is 4.34. The maximum Gasteiger partial charge on any atom is 0.255 e. The maximum atomic E-state index is 12.6. The van der Waals surface area contributed by atoms with Gasteiger partial charge in [0.1, 0.15) is 5.75 Å². The molecule has 0 aromatic heterocycles. The molecular weight excluding hydrogens is 464 g/mol. The number of nitrogens with one attached hydrogen (secondary N) is 2. The first-order valence-electron chi connectivity index (χ1n) is 12.7. The number of rotatable bonds is 10. The third-order valence-electron chi connectivity index (χ3n) is 6.16. The van der Waals surface area contributed by atoms with Crippen molar-refractivity contribution in [2.24, 2.45) is 0 Å². The van der Waals surface area contributed by atoms with Crippen molar-refractivity contribution in [3.63, 3.8) is 0 Å². The van der Waals surface area contributed by atoms with Crippen molar-refractivity contribution in [2.75, 3.05) is 56.5 Å². The Morgan fingerprint density at radius 1 is 0.811 bits per heavy atom. The predicted molar refractivity (Wildman–Crippen MR) is 149 cm³/mol. The lowest BCUT2D eigenvalue weighted by atomic mass is 10.2. The van der Waals surface area contributed by atoms with E-state index in [1.54, 1.807) is 36.4 Å². The molecule has 0 saturated carbocycles. The SMILES string of the molecule is CCOc1ccc(NC(=O)c2ccc(NC(=O)CN3CCN(CC=Cc4ccccc4)CC3)cc2)cc1. The van der Waals surface area contributed by atoms with Gasteiger partial charge in [-0.25, -0.2) is 0 Å². The summed E-state index contributed by atoms with van der Waals surface area (Å²) in [4.78, 5) is 29.7. The van der Waals surface area contributed by atoms with E-state index in [-0.39, 0.29) is 11.8 Å². The Labute approximate surface area is 218 Å². The highest BCUT2D eigenvalue weighted by Gasteiger charge is 2.18. The number of carbonyl (C=O) groups is 2. The number of nitrogens with zero attached hydrogens (tertiary/aromatic N) is 2. The molecule has 1 heterocycles.